The fraction of sp³-hybridized carbons (Fsp3) is 0.542. The van der Waals surface area contributed by atoms with Crippen LogP contribution < -0.4 is 16.0 Å². The molecule has 7 nitrogen and oxygen atoms in total. The van der Waals surface area contributed by atoms with Crippen molar-refractivity contribution in [2.75, 3.05) is 36.9 Å². The van der Waals surface area contributed by atoms with E-state index >= 15 is 0 Å². The Morgan fingerprint density at radius 1 is 1.27 bits per heavy atom. The second-order valence-electron chi connectivity index (χ2n) is 8.79. The predicted octanol–water partition coefficient (Wildman–Crippen LogP) is 4.49. The van der Waals surface area contributed by atoms with Gasteiger partial charge in [-0.25, -0.2) is 14.4 Å². The summed E-state index contributed by atoms with van der Waals surface area (Å²) < 4.78 is 19.8. The molecule has 0 aliphatic carbocycles. The molecule has 33 heavy (non-hydrogen) atoms. The maximum absolute atomic E-state index is 14.4. The first-order valence-electron chi connectivity index (χ1n) is 11.7. The van der Waals surface area contributed by atoms with Crippen LogP contribution in [-0.2, 0) is 9.53 Å². The Balaban J connectivity index is 1.45. The van der Waals surface area contributed by atoms with Gasteiger partial charge in [0.2, 0.25) is 5.91 Å². The van der Waals surface area contributed by atoms with E-state index in [2.05, 4.69) is 32.8 Å². The Kier molecular flexibility index (Phi) is 8.11. The van der Waals surface area contributed by atoms with Crippen molar-refractivity contribution >= 4 is 29.1 Å². The largest absolute Gasteiger partial charge is 0.381 e. The molecule has 2 fully saturated rings. The number of piperidine rings is 1. The van der Waals surface area contributed by atoms with Crippen LogP contribution >= 0.6 is 11.6 Å². The van der Waals surface area contributed by atoms with Gasteiger partial charge in [-0.2, -0.15) is 0 Å². The zero-order chi connectivity index (χ0) is 23.2. The van der Waals surface area contributed by atoms with Crippen LogP contribution in [0.4, 0.5) is 16.0 Å². The molecule has 0 radical (unpaired) electrons. The van der Waals surface area contributed by atoms with Crippen LogP contribution in [0.5, 0.6) is 0 Å². The number of nitrogens with one attached hydrogen (secondary N) is 3. The molecular formula is C24H31ClFN5O2. The summed E-state index contributed by atoms with van der Waals surface area (Å²) >= 11 is 6.39. The second-order valence-corrected chi connectivity index (χ2v) is 9.20. The van der Waals surface area contributed by atoms with Gasteiger partial charge in [-0.3, -0.25) is 4.79 Å². The summed E-state index contributed by atoms with van der Waals surface area (Å²) in [5.74, 6) is 0.440. The van der Waals surface area contributed by atoms with Gasteiger partial charge in [-0.15, -0.1) is 0 Å². The molecule has 178 valence electrons. The molecule has 2 atom stereocenters. The predicted molar refractivity (Wildman–Crippen MR) is 128 cm³/mol. The molecule has 4 rings (SSSR count). The molecule has 1 amide bonds. The van der Waals surface area contributed by atoms with Crippen molar-refractivity contribution in [3.8, 4) is 11.3 Å². The summed E-state index contributed by atoms with van der Waals surface area (Å²) in [6.45, 7) is 4.91. The van der Waals surface area contributed by atoms with Crippen LogP contribution in [0.2, 0.25) is 5.02 Å². The van der Waals surface area contributed by atoms with Gasteiger partial charge in [0.25, 0.3) is 0 Å². The fourth-order valence-corrected chi connectivity index (χ4v) is 4.53. The number of halogens is 2. The highest BCUT2D eigenvalue weighted by Crippen LogP contribution is 2.30. The lowest BCUT2D eigenvalue weighted by atomic mass is 9.93. The Morgan fingerprint density at radius 3 is 2.82 bits per heavy atom. The third kappa shape index (κ3) is 6.19. The number of carbonyl (C=O) groups excluding carboxylic acids is 1. The first-order valence-corrected chi connectivity index (χ1v) is 12.1. The highest BCUT2D eigenvalue weighted by molar-refractivity contribution is 6.33. The first-order chi connectivity index (χ1) is 16.0. The van der Waals surface area contributed by atoms with Crippen LogP contribution in [0.15, 0.2) is 24.4 Å². The van der Waals surface area contributed by atoms with E-state index in [0.717, 1.165) is 45.3 Å². The van der Waals surface area contributed by atoms with Gasteiger partial charge in [0.1, 0.15) is 5.82 Å². The zero-order valence-corrected chi connectivity index (χ0v) is 19.6. The Hall–Kier alpha value is -2.29. The van der Waals surface area contributed by atoms with Gasteiger partial charge in [0, 0.05) is 44.1 Å². The SMILES string of the molecule is CC[C@@H]1CC[C@@H](C(=O)Nc2cc(-c3ccc(F)c(NCC4CCOCC4)n3)c(Cl)cn2)CN1. The quantitative estimate of drug-likeness (QED) is 0.546. The topological polar surface area (TPSA) is 88.2 Å². The minimum atomic E-state index is -0.417. The maximum Gasteiger partial charge on any atom is 0.229 e. The normalized spacial score (nSPS) is 21.5. The Bertz CT molecular complexity index is 962. The van der Waals surface area contributed by atoms with E-state index in [-0.39, 0.29) is 17.6 Å². The lowest BCUT2D eigenvalue weighted by Gasteiger charge is -2.28. The zero-order valence-electron chi connectivity index (χ0n) is 18.9. The minimum absolute atomic E-state index is 0.0660. The third-order valence-corrected chi connectivity index (χ3v) is 6.81. The fourth-order valence-electron chi connectivity index (χ4n) is 4.33. The molecule has 2 aliphatic heterocycles. The van der Waals surface area contributed by atoms with Crippen molar-refractivity contribution in [3.05, 3.63) is 35.2 Å². The summed E-state index contributed by atoms with van der Waals surface area (Å²) in [5, 5.41) is 9.83. The molecule has 0 spiro atoms. The summed E-state index contributed by atoms with van der Waals surface area (Å²) in [6.07, 6.45) is 6.27. The lowest BCUT2D eigenvalue weighted by molar-refractivity contribution is -0.120. The second kappa shape index (κ2) is 11.2. The average molecular weight is 476 g/mol. The number of hydrogen-bond acceptors (Lipinski definition) is 6. The number of anilines is 2. The smallest absolute Gasteiger partial charge is 0.229 e. The van der Waals surface area contributed by atoms with Crippen molar-refractivity contribution in [1.82, 2.24) is 15.3 Å². The molecule has 0 saturated carbocycles. The Labute approximate surface area is 198 Å². The number of ether oxygens (including phenoxy) is 1. The standard InChI is InChI=1S/C24H31ClFN5O2/c1-2-17-4-3-16(13-27-17)24(32)31-22-11-18(19(25)14-28-22)21-6-5-20(26)23(30-21)29-12-15-7-9-33-10-8-15/h5-6,11,14-17,27H,2-4,7-10,12-13H2,1H3,(H,29,30)(H,28,31,32)/t16-,17-/m1/s1. The van der Waals surface area contributed by atoms with Crippen LogP contribution in [0.25, 0.3) is 11.3 Å². The number of carbonyl (C=O) groups is 1. The summed E-state index contributed by atoms with van der Waals surface area (Å²) in [7, 11) is 0. The van der Waals surface area contributed by atoms with Crippen LogP contribution in [-0.4, -0.2) is 48.2 Å². The van der Waals surface area contributed by atoms with E-state index in [9.17, 15) is 9.18 Å². The highest BCUT2D eigenvalue weighted by atomic mass is 35.5. The van der Waals surface area contributed by atoms with E-state index in [1.807, 2.05) is 0 Å². The van der Waals surface area contributed by atoms with Crippen molar-refractivity contribution in [1.29, 1.82) is 0 Å². The van der Waals surface area contributed by atoms with Gasteiger partial charge in [-0.05, 0) is 56.2 Å². The number of nitrogens with zero attached hydrogens (tertiary/aromatic N) is 2. The number of hydrogen-bond donors (Lipinski definition) is 3. The van der Waals surface area contributed by atoms with Crippen molar-refractivity contribution in [2.24, 2.45) is 11.8 Å². The number of rotatable bonds is 7. The number of pyridine rings is 2. The number of amides is 1. The summed E-state index contributed by atoms with van der Waals surface area (Å²) in [5.41, 5.74) is 1.10. The molecule has 3 N–H and O–H groups in total. The van der Waals surface area contributed by atoms with Crippen molar-refractivity contribution < 1.29 is 13.9 Å². The average Bonchev–Trinajstić information content (AvgIpc) is 2.85. The van der Waals surface area contributed by atoms with Gasteiger partial charge in [0.15, 0.2) is 11.6 Å². The molecule has 4 heterocycles. The van der Waals surface area contributed by atoms with Crippen molar-refractivity contribution in [3.63, 3.8) is 0 Å². The molecule has 2 aromatic rings. The highest BCUT2D eigenvalue weighted by Gasteiger charge is 2.25. The van der Waals surface area contributed by atoms with Crippen LogP contribution in [0.1, 0.15) is 39.0 Å². The van der Waals surface area contributed by atoms with Crippen LogP contribution in [0, 0.1) is 17.7 Å². The molecule has 0 aromatic carbocycles. The maximum atomic E-state index is 14.4. The first kappa shape index (κ1) is 23.9. The summed E-state index contributed by atoms with van der Waals surface area (Å²) in [6, 6.07) is 5.13. The van der Waals surface area contributed by atoms with Gasteiger partial charge < -0.3 is 20.7 Å². The molecule has 2 aliphatic rings. The van der Waals surface area contributed by atoms with Crippen LogP contribution in [0.3, 0.4) is 0 Å². The van der Waals surface area contributed by atoms with Crippen molar-refractivity contribution in [2.45, 2.75) is 45.1 Å². The van der Waals surface area contributed by atoms with Gasteiger partial charge >= 0.3 is 0 Å². The van der Waals surface area contributed by atoms with E-state index < -0.39 is 5.82 Å². The number of aromatic nitrogens is 2. The third-order valence-electron chi connectivity index (χ3n) is 6.51. The molecule has 0 bridgehead atoms. The summed E-state index contributed by atoms with van der Waals surface area (Å²) in [4.78, 5) is 21.4. The van der Waals surface area contributed by atoms with E-state index in [1.165, 1.54) is 12.3 Å². The van der Waals surface area contributed by atoms with E-state index in [0.29, 0.717) is 47.1 Å². The molecule has 2 saturated heterocycles. The van der Waals surface area contributed by atoms with E-state index in [4.69, 9.17) is 16.3 Å². The lowest BCUT2D eigenvalue weighted by Crippen LogP contribution is -2.43. The van der Waals surface area contributed by atoms with E-state index in [1.54, 1.807) is 12.1 Å². The molecule has 0 unspecified atom stereocenters. The van der Waals surface area contributed by atoms with Gasteiger partial charge in [0.05, 0.1) is 16.6 Å². The molecule has 9 heteroatoms. The molecule has 2 aromatic heterocycles. The minimum Gasteiger partial charge on any atom is -0.381 e. The Morgan fingerprint density at radius 2 is 2.09 bits per heavy atom. The van der Waals surface area contributed by atoms with Gasteiger partial charge in [-0.1, -0.05) is 18.5 Å². The monoisotopic (exact) mass is 475 g/mol. The molecular weight excluding hydrogens is 445 g/mol.